The van der Waals surface area contributed by atoms with Gasteiger partial charge in [0.25, 0.3) is 0 Å². The predicted octanol–water partition coefficient (Wildman–Crippen LogP) is 2.26. The van der Waals surface area contributed by atoms with Crippen molar-refractivity contribution in [1.82, 2.24) is 0 Å². The van der Waals surface area contributed by atoms with Crippen LogP contribution in [-0.4, -0.2) is 16.8 Å². The first-order valence-electron chi connectivity index (χ1n) is 4.84. The number of carbonyl (C=O) groups excluding carboxylic acids is 1. The zero-order chi connectivity index (χ0) is 12.3. The quantitative estimate of drug-likeness (QED) is 0.579. The van der Waals surface area contributed by atoms with E-state index in [0.29, 0.717) is 0 Å². The van der Waals surface area contributed by atoms with E-state index in [2.05, 4.69) is 0 Å². The molecule has 1 aromatic carbocycles. The van der Waals surface area contributed by atoms with Gasteiger partial charge in [-0.25, -0.2) is 0 Å². The van der Waals surface area contributed by atoms with Crippen molar-refractivity contribution in [3.63, 3.8) is 0 Å². The highest BCUT2D eigenvalue weighted by atomic mass is 16.6. The molecular weight excluding hydrogens is 210 g/mol. The van der Waals surface area contributed by atoms with Gasteiger partial charge in [-0.3, -0.25) is 14.9 Å². The van der Waals surface area contributed by atoms with Gasteiger partial charge in [0.1, 0.15) is 0 Å². The maximum atomic E-state index is 11.0. The first-order valence-corrected chi connectivity index (χ1v) is 4.84. The minimum atomic E-state index is -0.679. The molecule has 0 aliphatic carbocycles. The Balaban J connectivity index is 3.04. The molecule has 0 bridgehead atoms. The molecule has 1 aromatic rings. The van der Waals surface area contributed by atoms with Gasteiger partial charge in [-0.1, -0.05) is 6.07 Å². The molecule has 0 aromatic heterocycles. The number of hydrogen-bond acceptors (Lipinski definition) is 4. The van der Waals surface area contributed by atoms with Gasteiger partial charge in [-0.2, -0.15) is 0 Å². The highest BCUT2D eigenvalue weighted by molar-refractivity contribution is 5.80. The lowest BCUT2D eigenvalue weighted by molar-refractivity contribution is -0.386. The Kier molecular flexibility index (Phi) is 3.60. The number of ketones is 1. The van der Waals surface area contributed by atoms with Gasteiger partial charge in [0.2, 0.25) is 0 Å². The largest absolute Gasteiger partial charge is 0.476 e. The summed E-state index contributed by atoms with van der Waals surface area (Å²) in [4.78, 5) is 21.2. The molecule has 0 saturated heterocycles. The topological polar surface area (TPSA) is 69.4 Å². The summed E-state index contributed by atoms with van der Waals surface area (Å²) in [6.07, 6.45) is -0.679. The highest BCUT2D eigenvalue weighted by Gasteiger charge is 2.18. The summed E-state index contributed by atoms with van der Waals surface area (Å²) in [6, 6.07) is 4.63. The number of hydrogen-bond donors (Lipinski definition) is 0. The van der Waals surface area contributed by atoms with Crippen molar-refractivity contribution in [3.8, 4) is 5.75 Å². The Hall–Kier alpha value is -1.91. The highest BCUT2D eigenvalue weighted by Crippen LogP contribution is 2.28. The fraction of sp³-hybridized carbons (Fsp3) is 0.364. The van der Waals surface area contributed by atoms with Crippen LogP contribution in [-0.2, 0) is 4.79 Å². The second kappa shape index (κ2) is 4.74. The van der Waals surface area contributed by atoms with Gasteiger partial charge in [-0.15, -0.1) is 0 Å². The van der Waals surface area contributed by atoms with Crippen LogP contribution in [0.1, 0.15) is 19.4 Å². The summed E-state index contributed by atoms with van der Waals surface area (Å²) >= 11 is 0. The minimum Gasteiger partial charge on any atom is -0.476 e. The van der Waals surface area contributed by atoms with E-state index in [9.17, 15) is 14.9 Å². The number of nitro benzene ring substituents is 1. The summed E-state index contributed by atoms with van der Waals surface area (Å²) < 4.78 is 5.23. The molecule has 0 N–H and O–H groups in total. The number of benzene rings is 1. The van der Waals surface area contributed by atoms with Gasteiger partial charge in [-0.05, 0) is 32.4 Å². The van der Waals surface area contributed by atoms with E-state index in [1.165, 1.54) is 19.1 Å². The van der Waals surface area contributed by atoms with E-state index < -0.39 is 11.0 Å². The van der Waals surface area contributed by atoms with Gasteiger partial charge in [0, 0.05) is 6.07 Å². The third-order valence-corrected chi connectivity index (χ3v) is 2.19. The minimum absolute atomic E-state index is 0.117. The summed E-state index contributed by atoms with van der Waals surface area (Å²) in [5.74, 6) is -0.0480. The molecule has 0 aliphatic rings. The molecule has 0 fully saturated rings. The van der Waals surface area contributed by atoms with Crippen molar-refractivity contribution in [1.29, 1.82) is 0 Å². The standard InChI is InChI=1S/C11H13NO4/c1-7-4-5-11(10(6-7)12(14)15)16-9(3)8(2)13/h4-6,9H,1-3H3. The zero-order valence-electron chi connectivity index (χ0n) is 9.39. The summed E-state index contributed by atoms with van der Waals surface area (Å²) in [5, 5.41) is 10.8. The van der Waals surface area contributed by atoms with Crippen molar-refractivity contribution in [2.75, 3.05) is 0 Å². The first kappa shape index (κ1) is 12.2. The fourth-order valence-electron chi connectivity index (χ4n) is 1.14. The number of aryl methyl sites for hydroxylation is 1. The molecule has 1 unspecified atom stereocenters. The van der Waals surface area contributed by atoms with Crippen LogP contribution in [0, 0.1) is 17.0 Å². The van der Waals surface area contributed by atoms with Crippen molar-refractivity contribution < 1.29 is 14.5 Å². The Morgan fingerprint density at radius 3 is 2.62 bits per heavy atom. The summed E-state index contributed by atoms with van der Waals surface area (Å²) in [5.41, 5.74) is 0.655. The fourth-order valence-corrected chi connectivity index (χ4v) is 1.14. The average molecular weight is 223 g/mol. The van der Waals surface area contributed by atoms with E-state index in [-0.39, 0.29) is 17.2 Å². The van der Waals surface area contributed by atoms with Crippen molar-refractivity contribution in [2.24, 2.45) is 0 Å². The van der Waals surface area contributed by atoms with Crippen LogP contribution >= 0.6 is 0 Å². The second-order valence-corrected chi connectivity index (χ2v) is 3.60. The molecule has 0 heterocycles. The third kappa shape index (κ3) is 2.79. The van der Waals surface area contributed by atoms with E-state index in [1.807, 2.05) is 0 Å². The molecule has 0 amide bonds. The molecule has 0 radical (unpaired) electrons. The molecule has 0 saturated carbocycles. The Morgan fingerprint density at radius 2 is 2.12 bits per heavy atom. The molecule has 5 heteroatoms. The SMILES string of the molecule is CC(=O)C(C)Oc1ccc(C)cc1[N+](=O)[O-]. The number of nitrogens with zero attached hydrogens (tertiary/aromatic N) is 1. The number of rotatable bonds is 4. The van der Waals surface area contributed by atoms with Crippen molar-refractivity contribution in [2.45, 2.75) is 26.9 Å². The van der Waals surface area contributed by atoms with Crippen molar-refractivity contribution in [3.05, 3.63) is 33.9 Å². The maximum absolute atomic E-state index is 11.0. The predicted molar refractivity (Wildman–Crippen MR) is 58.6 cm³/mol. The zero-order valence-corrected chi connectivity index (χ0v) is 9.39. The molecule has 0 spiro atoms. The smallest absolute Gasteiger partial charge is 0.311 e. The number of Topliss-reactive ketones (excluding diaryl/α,β-unsaturated/α-hetero) is 1. The van der Waals surface area contributed by atoms with Gasteiger partial charge in [0.15, 0.2) is 17.6 Å². The third-order valence-electron chi connectivity index (χ3n) is 2.19. The van der Waals surface area contributed by atoms with Gasteiger partial charge >= 0.3 is 5.69 Å². The van der Waals surface area contributed by atoms with Crippen LogP contribution in [0.2, 0.25) is 0 Å². The summed E-state index contributed by atoms with van der Waals surface area (Å²) in [6.45, 7) is 4.70. The van der Waals surface area contributed by atoms with Crippen LogP contribution in [0.4, 0.5) is 5.69 Å². The monoisotopic (exact) mass is 223 g/mol. The number of ether oxygens (including phenoxy) is 1. The van der Waals surface area contributed by atoms with E-state index in [0.717, 1.165) is 5.56 Å². The lowest BCUT2D eigenvalue weighted by Gasteiger charge is -2.11. The van der Waals surface area contributed by atoms with Crippen LogP contribution in [0.3, 0.4) is 0 Å². The molecule has 16 heavy (non-hydrogen) atoms. The Morgan fingerprint density at radius 1 is 1.50 bits per heavy atom. The van der Waals surface area contributed by atoms with Crippen molar-refractivity contribution >= 4 is 11.5 Å². The van der Waals surface area contributed by atoms with E-state index >= 15 is 0 Å². The van der Waals surface area contributed by atoms with Gasteiger partial charge in [0.05, 0.1) is 4.92 Å². The lowest BCUT2D eigenvalue weighted by atomic mass is 10.2. The maximum Gasteiger partial charge on any atom is 0.311 e. The van der Waals surface area contributed by atoms with Crippen LogP contribution in [0.25, 0.3) is 0 Å². The van der Waals surface area contributed by atoms with Gasteiger partial charge < -0.3 is 4.74 Å². The number of carbonyl (C=O) groups is 1. The van der Waals surface area contributed by atoms with E-state index in [4.69, 9.17) is 4.74 Å². The normalized spacial score (nSPS) is 11.9. The molecular formula is C11H13NO4. The lowest BCUT2D eigenvalue weighted by Crippen LogP contribution is -2.21. The second-order valence-electron chi connectivity index (χ2n) is 3.60. The molecule has 86 valence electrons. The molecule has 1 rings (SSSR count). The van der Waals surface area contributed by atoms with Crippen LogP contribution < -0.4 is 4.74 Å². The first-order chi connectivity index (χ1) is 7.41. The molecule has 1 atom stereocenters. The molecule has 0 aliphatic heterocycles. The summed E-state index contributed by atoms with van der Waals surface area (Å²) in [7, 11) is 0. The molecule has 5 nitrogen and oxygen atoms in total. The Bertz CT molecular complexity index is 428. The van der Waals surface area contributed by atoms with Crippen LogP contribution in [0.5, 0.6) is 5.75 Å². The van der Waals surface area contributed by atoms with Crippen LogP contribution in [0.15, 0.2) is 18.2 Å². The Labute approximate surface area is 93.2 Å². The average Bonchev–Trinajstić information content (AvgIpc) is 2.20. The number of nitro groups is 1. The van der Waals surface area contributed by atoms with E-state index in [1.54, 1.807) is 19.9 Å².